The van der Waals surface area contributed by atoms with Gasteiger partial charge in [-0.3, -0.25) is 20.4 Å². The number of nitrogens with one attached hydrogen (secondary N) is 3. The van der Waals surface area contributed by atoms with Crippen LogP contribution in [-0.4, -0.2) is 21.8 Å². The van der Waals surface area contributed by atoms with Gasteiger partial charge in [-0.25, -0.2) is 4.98 Å². The van der Waals surface area contributed by atoms with Crippen LogP contribution in [0.3, 0.4) is 0 Å². The van der Waals surface area contributed by atoms with Crippen LogP contribution < -0.4 is 10.9 Å². The summed E-state index contributed by atoms with van der Waals surface area (Å²) in [6.07, 6.45) is 3.76. The van der Waals surface area contributed by atoms with Crippen LogP contribution in [0.1, 0.15) is 22.8 Å². The first-order valence-electron chi connectivity index (χ1n) is 7.45. The number of amides is 2. The smallest absolute Gasteiger partial charge is 0.286 e. The molecule has 122 valence electrons. The average molecular weight is 324 g/mol. The first-order chi connectivity index (χ1) is 11.7. The minimum atomic E-state index is -0.407. The molecule has 0 aliphatic heterocycles. The van der Waals surface area contributed by atoms with Crippen molar-refractivity contribution in [1.82, 2.24) is 20.8 Å². The zero-order valence-corrected chi connectivity index (χ0v) is 12.8. The van der Waals surface area contributed by atoms with Crippen LogP contribution in [0.25, 0.3) is 11.3 Å². The van der Waals surface area contributed by atoms with Crippen molar-refractivity contribution >= 4 is 11.8 Å². The molecule has 0 unspecified atom stereocenters. The third-order valence-corrected chi connectivity index (χ3v) is 3.34. The number of nitrogens with zero attached hydrogens (tertiary/aromatic N) is 1. The summed E-state index contributed by atoms with van der Waals surface area (Å²) in [6, 6.07) is 12.9. The van der Waals surface area contributed by atoms with Gasteiger partial charge in [-0.15, -0.1) is 0 Å². The molecular weight excluding hydrogens is 308 g/mol. The Morgan fingerprint density at radius 1 is 1.08 bits per heavy atom. The molecule has 3 N–H and O–H groups in total. The molecular formula is C17H16N4O3. The summed E-state index contributed by atoms with van der Waals surface area (Å²) in [5.74, 6) is 0.399. The number of oxazole rings is 1. The fraction of sp³-hybridized carbons (Fsp3) is 0.118. The average Bonchev–Trinajstić information content (AvgIpc) is 3.30. The van der Waals surface area contributed by atoms with E-state index >= 15 is 0 Å². The Morgan fingerprint density at radius 2 is 1.92 bits per heavy atom. The van der Waals surface area contributed by atoms with Crippen molar-refractivity contribution < 1.29 is 14.0 Å². The van der Waals surface area contributed by atoms with Gasteiger partial charge in [-0.2, -0.15) is 0 Å². The Bertz CT molecular complexity index is 810. The summed E-state index contributed by atoms with van der Waals surface area (Å²) in [4.78, 5) is 30.3. The molecule has 0 saturated carbocycles. The van der Waals surface area contributed by atoms with Crippen molar-refractivity contribution in [3.05, 3.63) is 66.4 Å². The number of aryl methyl sites for hydroxylation is 1. The molecule has 0 atom stereocenters. The number of H-pyrrole nitrogens is 1. The molecule has 7 nitrogen and oxygen atoms in total. The standard InChI is InChI=1S/C17H16N4O3/c22-15(20-21-17(23)13-7-4-10-18-13)8-9-16-19-11-14(24-16)12-5-2-1-3-6-12/h1-7,10-11,18H,8-9H2,(H,20,22)(H,21,23). The number of rotatable bonds is 5. The Balaban J connectivity index is 1.46. The highest BCUT2D eigenvalue weighted by molar-refractivity contribution is 5.93. The lowest BCUT2D eigenvalue weighted by molar-refractivity contribution is -0.121. The summed E-state index contributed by atoms with van der Waals surface area (Å²) in [6.45, 7) is 0. The summed E-state index contributed by atoms with van der Waals surface area (Å²) < 4.78 is 5.62. The van der Waals surface area contributed by atoms with Crippen molar-refractivity contribution in [2.24, 2.45) is 0 Å². The third-order valence-electron chi connectivity index (χ3n) is 3.34. The second kappa shape index (κ2) is 7.28. The number of aromatic nitrogens is 2. The molecule has 24 heavy (non-hydrogen) atoms. The normalized spacial score (nSPS) is 10.3. The first-order valence-corrected chi connectivity index (χ1v) is 7.45. The molecule has 1 aromatic carbocycles. The van der Waals surface area contributed by atoms with E-state index in [-0.39, 0.29) is 12.3 Å². The SMILES string of the molecule is O=C(CCc1ncc(-c2ccccc2)o1)NNC(=O)c1ccc[nH]1. The Kier molecular flexibility index (Phi) is 4.71. The maximum atomic E-state index is 11.8. The van der Waals surface area contributed by atoms with Gasteiger partial charge < -0.3 is 9.40 Å². The zero-order chi connectivity index (χ0) is 16.8. The van der Waals surface area contributed by atoms with E-state index in [1.807, 2.05) is 30.3 Å². The monoisotopic (exact) mass is 324 g/mol. The van der Waals surface area contributed by atoms with E-state index in [1.165, 1.54) is 0 Å². The number of carbonyl (C=O) groups is 2. The lowest BCUT2D eigenvalue weighted by atomic mass is 10.2. The maximum absolute atomic E-state index is 11.8. The van der Waals surface area contributed by atoms with Crippen molar-refractivity contribution in [2.75, 3.05) is 0 Å². The molecule has 0 fully saturated rings. The van der Waals surface area contributed by atoms with Gasteiger partial charge in [0.1, 0.15) is 5.69 Å². The van der Waals surface area contributed by atoms with E-state index < -0.39 is 5.91 Å². The number of carbonyl (C=O) groups excluding carboxylic acids is 2. The molecule has 2 aromatic heterocycles. The predicted molar refractivity (Wildman–Crippen MR) is 86.7 cm³/mol. The minimum absolute atomic E-state index is 0.153. The van der Waals surface area contributed by atoms with E-state index in [4.69, 9.17) is 4.42 Å². The van der Waals surface area contributed by atoms with Gasteiger partial charge in [0.15, 0.2) is 11.7 Å². The van der Waals surface area contributed by atoms with Crippen molar-refractivity contribution in [2.45, 2.75) is 12.8 Å². The van der Waals surface area contributed by atoms with Gasteiger partial charge in [0.2, 0.25) is 5.91 Å². The lowest BCUT2D eigenvalue weighted by Gasteiger charge is -2.05. The number of hydrogen-bond acceptors (Lipinski definition) is 4. The lowest BCUT2D eigenvalue weighted by Crippen LogP contribution is -2.41. The van der Waals surface area contributed by atoms with E-state index in [2.05, 4.69) is 20.8 Å². The molecule has 0 radical (unpaired) electrons. The number of hydrazine groups is 1. The topological polar surface area (TPSA) is 100 Å². The predicted octanol–water partition coefficient (Wildman–Crippen LogP) is 2.06. The molecule has 0 saturated heterocycles. The highest BCUT2D eigenvalue weighted by Crippen LogP contribution is 2.20. The highest BCUT2D eigenvalue weighted by atomic mass is 16.4. The Labute approximate surface area is 138 Å². The first kappa shape index (κ1) is 15.5. The van der Waals surface area contributed by atoms with Crippen LogP contribution in [0.5, 0.6) is 0 Å². The molecule has 2 amide bonds. The molecule has 0 aliphatic rings. The van der Waals surface area contributed by atoms with Gasteiger partial charge in [-0.05, 0) is 12.1 Å². The van der Waals surface area contributed by atoms with E-state index in [9.17, 15) is 9.59 Å². The van der Waals surface area contributed by atoms with Crippen molar-refractivity contribution in [1.29, 1.82) is 0 Å². The van der Waals surface area contributed by atoms with Gasteiger partial charge >= 0.3 is 0 Å². The van der Waals surface area contributed by atoms with Crippen molar-refractivity contribution in [3.8, 4) is 11.3 Å². The van der Waals surface area contributed by atoms with Crippen LogP contribution in [0, 0.1) is 0 Å². The molecule has 0 bridgehead atoms. The van der Waals surface area contributed by atoms with Crippen LogP contribution in [0.4, 0.5) is 0 Å². The van der Waals surface area contributed by atoms with Crippen LogP contribution in [0.2, 0.25) is 0 Å². The fourth-order valence-corrected chi connectivity index (χ4v) is 2.11. The third kappa shape index (κ3) is 3.89. The fourth-order valence-electron chi connectivity index (χ4n) is 2.11. The van der Waals surface area contributed by atoms with E-state index in [0.717, 1.165) is 5.56 Å². The second-order valence-electron chi connectivity index (χ2n) is 5.07. The quantitative estimate of drug-likeness (QED) is 0.625. The summed E-state index contributed by atoms with van der Waals surface area (Å²) in [5.41, 5.74) is 5.98. The molecule has 0 spiro atoms. The van der Waals surface area contributed by atoms with Gasteiger partial charge in [-0.1, -0.05) is 30.3 Å². The zero-order valence-electron chi connectivity index (χ0n) is 12.8. The molecule has 3 rings (SSSR count). The Hall–Kier alpha value is -3.35. The van der Waals surface area contributed by atoms with Gasteiger partial charge in [0.05, 0.1) is 6.20 Å². The Morgan fingerprint density at radius 3 is 2.67 bits per heavy atom. The largest absolute Gasteiger partial charge is 0.441 e. The number of benzene rings is 1. The van der Waals surface area contributed by atoms with Crippen LogP contribution in [0.15, 0.2) is 59.3 Å². The van der Waals surface area contributed by atoms with Crippen molar-refractivity contribution in [3.63, 3.8) is 0 Å². The number of hydrogen-bond donors (Lipinski definition) is 3. The van der Waals surface area contributed by atoms with Crippen LogP contribution >= 0.6 is 0 Å². The van der Waals surface area contributed by atoms with Crippen LogP contribution in [-0.2, 0) is 11.2 Å². The minimum Gasteiger partial charge on any atom is -0.441 e. The molecule has 3 aromatic rings. The molecule has 7 heteroatoms. The van der Waals surface area contributed by atoms with E-state index in [1.54, 1.807) is 24.5 Å². The van der Waals surface area contributed by atoms with Gasteiger partial charge in [0.25, 0.3) is 5.91 Å². The summed E-state index contributed by atoms with van der Waals surface area (Å²) >= 11 is 0. The second-order valence-corrected chi connectivity index (χ2v) is 5.07. The molecule has 0 aliphatic carbocycles. The van der Waals surface area contributed by atoms with E-state index in [0.29, 0.717) is 23.8 Å². The summed E-state index contributed by atoms with van der Waals surface area (Å²) in [7, 11) is 0. The maximum Gasteiger partial charge on any atom is 0.286 e. The number of aromatic amines is 1. The summed E-state index contributed by atoms with van der Waals surface area (Å²) in [5, 5.41) is 0. The highest BCUT2D eigenvalue weighted by Gasteiger charge is 2.10. The molecule has 2 heterocycles. The van der Waals surface area contributed by atoms with Gasteiger partial charge in [0, 0.05) is 24.6 Å².